The van der Waals surface area contributed by atoms with Gasteiger partial charge in [0, 0.05) is 32.9 Å². The Balaban J connectivity index is 1.61. The van der Waals surface area contributed by atoms with E-state index in [4.69, 9.17) is 4.74 Å². The van der Waals surface area contributed by atoms with Crippen LogP contribution in [0.4, 0.5) is 11.6 Å². The van der Waals surface area contributed by atoms with E-state index in [9.17, 15) is 13.2 Å². The number of rotatable bonds is 7. The third-order valence-electron chi connectivity index (χ3n) is 5.29. The number of nitrogens with one attached hydrogen (secondary N) is 1. The van der Waals surface area contributed by atoms with Crippen LogP contribution in [0.1, 0.15) is 15.9 Å². The number of morpholine rings is 1. The summed E-state index contributed by atoms with van der Waals surface area (Å²) in [5.74, 6) is -0.338. The zero-order chi connectivity index (χ0) is 23.4. The predicted molar refractivity (Wildman–Crippen MR) is 124 cm³/mol. The third kappa shape index (κ3) is 5.21. The molecule has 1 aromatic heterocycles. The molecule has 33 heavy (non-hydrogen) atoms. The minimum Gasteiger partial charge on any atom is -0.378 e. The maximum Gasteiger partial charge on any atom is 0.260 e. The normalized spacial score (nSPS) is 14.5. The van der Waals surface area contributed by atoms with Crippen molar-refractivity contribution in [1.82, 2.24) is 19.1 Å². The summed E-state index contributed by atoms with van der Waals surface area (Å²) in [6, 6.07) is 14.4. The van der Waals surface area contributed by atoms with E-state index in [-0.39, 0.29) is 16.4 Å². The van der Waals surface area contributed by atoms with Crippen molar-refractivity contribution in [3.63, 3.8) is 0 Å². The summed E-state index contributed by atoms with van der Waals surface area (Å²) in [5.41, 5.74) is 1.92. The standard InChI is InChI=1S/C22H26N6O4S/c1-26(2)33(30,31)18-8-9-20(27-10-12-32-13-11-27)19(14-18)21(29)24-22-23-16-28(25-22)15-17-6-4-3-5-7-17/h3-9,14,16H,10-13,15H2,1-2H3,(H,24,25,29). The highest BCUT2D eigenvalue weighted by molar-refractivity contribution is 7.89. The number of hydrogen-bond donors (Lipinski definition) is 1. The summed E-state index contributed by atoms with van der Waals surface area (Å²) < 4.78 is 33.5. The fourth-order valence-electron chi connectivity index (χ4n) is 3.52. The lowest BCUT2D eigenvalue weighted by molar-refractivity contribution is 0.102. The van der Waals surface area contributed by atoms with Gasteiger partial charge in [-0.3, -0.25) is 10.1 Å². The van der Waals surface area contributed by atoms with Gasteiger partial charge in [-0.15, -0.1) is 5.10 Å². The van der Waals surface area contributed by atoms with Crippen LogP contribution in [0, 0.1) is 0 Å². The van der Waals surface area contributed by atoms with Gasteiger partial charge >= 0.3 is 0 Å². The number of anilines is 2. The van der Waals surface area contributed by atoms with Crippen LogP contribution in [-0.4, -0.2) is 73.8 Å². The van der Waals surface area contributed by atoms with E-state index in [0.717, 1.165) is 9.87 Å². The highest BCUT2D eigenvalue weighted by Gasteiger charge is 2.25. The Morgan fingerprint density at radius 2 is 1.85 bits per heavy atom. The van der Waals surface area contributed by atoms with Crippen LogP contribution in [0.25, 0.3) is 0 Å². The lowest BCUT2D eigenvalue weighted by atomic mass is 10.1. The molecule has 1 saturated heterocycles. The van der Waals surface area contributed by atoms with Crippen LogP contribution in [0.15, 0.2) is 59.8 Å². The molecule has 1 N–H and O–H groups in total. The van der Waals surface area contributed by atoms with Gasteiger partial charge < -0.3 is 9.64 Å². The van der Waals surface area contributed by atoms with Crippen molar-refractivity contribution >= 4 is 27.6 Å². The van der Waals surface area contributed by atoms with Gasteiger partial charge in [0.15, 0.2) is 0 Å². The highest BCUT2D eigenvalue weighted by atomic mass is 32.2. The zero-order valence-electron chi connectivity index (χ0n) is 18.5. The second-order valence-electron chi connectivity index (χ2n) is 7.77. The van der Waals surface area contributed by atoms with Gasteiger partial charge in [-0.1, -0.05) is 30.3 Å². The van der Waals surface area contributed by atoms with Gasteiger partial charge in [0.05, 0.1) is 30.2 Å². The molecule has 0 saturated carbocycles. The molecule has 0 radical (unpaired) electrons. The average molecular weight is 471 g/mol. The molecule has 2 heterocycles. The average Bonchev–Trinajstić information content (AvgIpc) is 3.26. The van der Waals surface area contributed by atoms with Crippen molar-refractivity contribution in [3.8, 4) is 0 Å². The van der Waals surface area contributed by atoms with Crippen LogP contribution < -0.4 is 10.2 Å². The first-order valence-electron chi connectivity index (χ1n) is 10.5. The Bertz CT molecular complexity index is 1220. The third-order valence-corrected chi connectivity index (χ3v) is 7.10. The number of nitrogens with zero attached hydrogens (tertiary/aromatic N) is 5. The van der Waals surface area contributed by atoms with E-state index < -0.39 is 15.9 Å². The highest BCUT2D eigenvalue weighted by Crippen LogP contribution is 2.27. The summed E-state index contributed by atoms with van der Waals surface area (Å²) in [5, 5.41) is 7.03. The van der Waals surface area contributed by atoms with E-state index >= 15 is 0 Å². The largest absolute Gasteiger partial charge is 0.378 e. The molecular formula is C22H26N6O4S. The van der Waals surface area contributed by atoms with Gasteiger partial charge in [0.25, 0.3) is 5.91 Å². The van der Waals surface area contributed by atoms with Gasteiger partial charge in [0.2, 0.25) is 16.0 Å². The molecular weight excluding hydrogens is 444 g/mol. The minimum atomic E-state index is -3.71. The van der Waals surface area contributed by atoms with Crippen molar-refractivity contribution in [2.45, 2.75) is 11.4 Å². The number of ether oxygens (including phenoxy) is 1. The summed E-state index contributed by atoms with van der Waals surface area (Å²) >= 11 is 0. The molecule has 0 aliphatic carbocycles. The number of sulfonamides is 1. The minimum absolute atomic E-state index is 0.0391. The topological polar surface area (TPSA) is 110 Å². The van der Waals surface area contributed by atoms with E-state index in [0.29, 0.717) is 38.5 Å². The SMILES string of the molecule is CN(C)S(=O)(=O)c1ccc(N2CCOCC2)c(C(=O)Nc2ncn(Cc3ccccc3)n2)c1. The van der Waals surface area contributed by atoms with Gasteiger partial charge in [-0.2, -0.15) is 0 Å². The van der Waals surface area contributed by atoms with Crippen molar-refractivity contribution in [3.05, 3.63) is 66.0 Å². The van der Waals surface area contributed by atoms with E-state index in [1.54, 1.807) is 17.1 Å². The lowest BCUT2D eigenvalue weighted by Gasteiger charge is -2.30. The lowest BCUT2D eigenvalue weighted by Crippen LogP contribution is -2.37. The Kier molecular flexibility index (Phi) is 6.72. The van der Waals surface area contributed by atoms with E-state index in [1.165, 1.54) is 26.2 Å². The van der Waals surface area contributed by atoms with Crippen molar-refractivity contribution in [2.75, 3.05) is 50.6 Å². The molecule has 1 aliphatic rings. The monoisotopic (exact) mass is 470 g/mol. The second kappa shape index (κ2) is 9.69. The van der Waals surface area contributed by atoms with Crippen molar-refractivity contribution in [1.29, 1.82) is 0 Å². The molecule has 1 amide bonds. The van der Waals surface area contributed by atoms with Crippen molar-refractivity contribution in [2.24, 2.45) is 0 Å². The molecule has 174 valence electrons. The van der Waals surface area contributed by atoms with Crippen LogP contribution in [0.2, 0.25) is 0 Å². The van der Waals surface area contributed by atoms with Crippen LogP contribution in [-0.2, 0) is 21.3 Å². The molecule has 0 bridgehead atoms. The molecule has 0 spiro atoms. The second-order valence-corrected chi connectivity index (χ2v) is 9.92. The molecule has 10 nitrogen and oxygen atoms in total. The molecule has 1 fully saturated rings. The van der Waals surface area contributed by atoms with Crippen LogP contribution >= 0.6 is 0 Å². The quantitative estimate of drug-likeness (QED) is 0.559. The first-order chi connectivity index (χ1) is 15.8. The van der Waals surface area contributed by atoms with Crippen LogP contribution in [0.3, 0.4) is 0 Å². The zero-order valence-corrected chi connectivity index (χ0v) is 19.3. The maximum atomic E-state index is 13.2. The predicted octanol–water partition coefficient (Wildman–Crippen LogP) is 1.67. The number of aromatic nitrogens is 3. The van der Waals surface area contributed by atoms with E-state index in [1.807, 2.05) is 35.2 Å². The fraction of sp³-hybridized carbons (Fsp3) is 0.318. The summed E-state index contributed by atoms with van der Waals surface area (Å²) in [4.78, 5) is 19.5. The Morgan fingerprint density at radius 3 is 2.55 bits per heavy atom. The molecule has 1 aliphatic heterocycles. The number of amides is 1. The number of carbonyl (C=O) groups is 1. The van der Waals surface area contributed by atoms with Crippen molar-refractivity contribution < 1.29 is 17.9 Å². The van der Waals surface area contributed by atoms with E-state index in [2.05, 4.69) is 15.4 Å². The fourth-order valence-corrected chi connectivity index (χ4v) is 4.44. The Hall–Kier alpha value is -3.28. The number of carbonyl (C=O) groups excluding carboxylic acids is 1. The van der Waals surface area contributed by atoms with Gasteiger partial charge in [-0.05, 0) is 23.8 Å². The molecule has 11 heteroatoms. The molecule has 0 unspecified atom stereocenters. The smallest absolute Gasteiger partial charge is 0.260 e. The summed E-state index contributed by atoms with van der Waals surface area (Å²) in [7, 11) is -0.804. The Morgan fingerprint density at radius 1 is 1.12 bits per heavy atom. The Labute approximate surface area is 192 Å². The molecule has 3 aromatic rings. The first-order valence-corrected chi connectivity index (χ1v) is 11.9. The molecule has 4 rings (SSSR count). The summed E-state index contributed by atoms with van der Waals surface area (Å²) in [6.45, 7) is 2.78. The number of hydrogen-bond acceptors (Lipinski definition) is 7. The number of benzene rings is 2. The van der Waals surface area contributed by atoms with Gasteiger partial charge in [0.1, 0.15) is 6.33 Å². The first kappa shape index (κ1) is 22.9. The maximum absolute atomic E-state index is 13.2. The molecule has 0 atom stereocenters. The van der Waals surface area contributed by atoms with Crippen LogP contribution in [0.5, 0.6) is 0 Å². The van der Waals surface area contributed by atoms with Gasteiger partial charge in [-0.25, -0.2) is 22.4 Å². The summed E-state index contributed by atoms with van der Waals surface area (Å²) in [6.07, 6.45) is 1.54. The molecule has 2 aromatic carbocycles.